The summed E-state index contributed by atoms with van der Waals surface area (Å²) in [5.74, 6) is 0. The first kappa shape index (κ1) is 36.7. The van der Waals surface area contributed by atoms with E-state index in [1.165, 1.54) is 196 Å². The van der Waals surface area contributed by atoms with Gasteiger partial charge in [-0.05, 0) is 194 Å². The molecule has 1 heteroatoms. The molecule has 1 aliphatic rings. The average Bonchev–Trinajstić information content (AvgIpc) is 4.22. The molecule has 72 heavy (non-hydrogen) atoms. The van der Waals surface area contributed by atoms with Gasteiger partial charge < -0.3 is 4.57 Å². The van der Waals surface area contributed by atoms with Crippen LogP contribution in [0.1, 0.15) is 5.56 Å². The Balaban J connectivity index is 1.01. The van der Waals surface area contributed by atoms with E-state index in [9.17, 15) is 0 Å². The van der Waals surface area contributed by atoms with Gasteiger partial charge in [-0.25, -0.2) is 0 Å². The lowest BCUT2D eigenvalue weighted by Gasteiger charge is -2.16. The predicted molar refractivity (Wildman–Crippen MR) is 310 cm³/mol. The summed E-state index contributed by atoms with van der Waals surface area (Å²) in [4.78, 5) is 0. The van der Waals surface area contributed by atoms with E-state index in [1.807, 2.05) is 0 Å². The van der Waals surface area contributed by atoms with Crippen LogP contribution in [0.15, 0.2) is 206 Å². The van der Waals surface area contributed by atoms with Gasteiger partial charge in [0.05, 0.1) is 16.7 Å². The highest BCUT2D eigenvalue weighted by Crippen LogP contribution is 2.59. The molecule has 0 fully saturated rings. The fraction of sp³-hybridized carbons (Fsp3) is 0.0141. The lowest BCUT2D eigenvalue weighted by molar-refractivity contribution is 1.20. The monoisotopic (exact) mass is 903 g/mol. The summed E-state index contributed by atoms with van der Waals surface area (Å²) in [7, 11) is 0. The Morgan fingerprint density at radius 2 is 0.625 bits per heavy atom. The van der Waals surface area contributed by atoms with Crippen molar-refractivity contribution < 1.29 is 0 Å². The van der Waals surface area contributed by atoms with Crippen molar-refractivity contribution in [1.29, 1.82) is 0 Å². The predicted octanol–water partition coefficient (Wildman–Crippen LogP) is 20.0. The molecule has 1 aliphatic carbocycles. The molecule has 0 amide bonds. The molecule has 1 nitrogen and oxygen atoms in total. The number of benzene rings is 14. The van der Waals surface area contributed by atoms with Gasteiger partial charge in [-0.1, -0.05) is 182 Å². The van der Waals surface area contributed by atoms with Crippen molar-refractivity contribution in [3.63, 3.8) is 0 Å². The van der Waals surface area contributed by atoms with Crippen LogP contribution in [0.4, 0.5) is 0 Å². The molecule has 0 N–H and O–H groups in total. The molecule has 0 spiro atoms. The van der Waals surface area contributed by atoms with Crippen molar-refractivity contribution in [2.45, 2.75) is 6.92 Å². The third-order valence-corrected chi connectivity index (χ3v) is 17.8. The normalized spacial score (nSPS) is 13.1. The zero-order valence-corrected chi connectivity index (χ0v) is 39.1. The number of para-hydroxylation sites is 2. The fourth-order valence-electron chi connectivity index (χ4n) is 15.2. The van der Waals surface area contributed by atoms with Crippen LogP contribution in [-0.4, -0.2) is 4.57 Å². The van der Waals surface area contributed by atoms with Gasteiger partial charge in [-0.2, -0.15) is 0 Å². The van der Waals surface area contributed by atoms with Gasteiger partial charge in [0.25, 0.3) is 0 Å². The summed E-state index contributed by atoms with van der Waals surface area (Å²) in [6.45, 7) is 2.30. The van der Waals surface area contributed by atoms with E-state index in [0.717, 1.165) is 0 Å². The molecule has 326 valence electrons. The second kappa shape index (κ2) is 12.3. The van der Waals surface area contributed by atoms with Crippen molar-refractivity contribution in [2.75, 3.05) is 0 Å². The van der Waals surface area contributed by atoms with Gasteiger partial charge in [0.15, 0.2) is 0 Å². The largest absolute Gasteiger partial charge is 0.309 e. The Morgan fingerprint density at radius 1 is 0.222 bits per heavy atom. The van der Waals surface area contributed by atoms with Gasteiger partial charge in [0, 0.05) is 16.2 Å². The molecule has 0 unspecified atom stereocenters. The molecule has 19 rings (SSSR count). The SMILES string of the molecule is Cc1ccccc1-c1c2cc3c4cccc5c(-n6c7ccccc7c7ccccc76)ccc(c54)c3c3c4ccccc4c(c4c5ccc6c7ccc8c9c(ccc(c%10ccc(c14)c5c%106)c97)-c1ccccc1-8)c23. The molecular formula is C71H37N. The lowest BCUT2D eigenvalue weighted by Crippen LogP contribution is -1.95. The van der Waals surface area contributed by atoms with Gasteiger partial charge in [-0.15, -0.1) is 0 Å². The third kappa shape index (κ3) is 4.00. The smallest absolute Gasteiger partial charge is 0.0541 e. The van der Waals surface area contributed by atoms with Crippen LogP contribution in [0.2, 0.25) is 0 Å². The van der Waals surface area contributed by atoms with Crippen LogP contribution in [0.3, 0.4) is 0 Å². The van der Waals surface area contributed by atoms with E-state index in [0.29, 0.717) is 0 Å². The zero-order chi connectivity index (χ0) is 46.4. The number of aryl methyl sites for hydroxylation is 1. The van der Waals surface area contributed by atoms with E-state index in [4.69, 9.17) is 0 Å². The maximum absolute atomic E-state index is 2.61. The molecule has 18 aromatic rings. The first-order valence-electron chi connectivity index (χ1n) is 25.4. The molecule has 0 radical (unpaired) electrons. The minimum atomic E-state index is 1.22. The second-order valence-corrected chi connectivity index (χ2v) is 20.9. The quantitative estimate of drug-likeness (QED) is 0.120. The van der Waals surface area contributed by atoms with Crippen molar-refractivity contribution in [1.82, 2.24) is 4.57 Å². The topological polar surface area (TPSA) is 4.93 Å². The lowest BCUT2D eigenvalue weighted by atomic mass is 9.86. The Labute approximate surface area is 411 Å². The average molecular weight is 904 g/mol. The number of aromatic nitrogens is 1. The third-order valence-electron chi connectivity index (χ3n) is 17.8. The number of nitrogens with zero attached hydrogens (tertiary/aromatic N) is 1. The summed E-state index contributed by atoms with van der Waals surface area (Å²) in [5, 5.41) is 35.0. The maximum atomic E-state index is 2.61. The molecule has 0 bridgehead atoms. The van der Waals surface area contributed by atoms with Crippen molar-refractivity contribution >= 4 is 151 Å². The van der Waals surface area contributed by atoms with Crippen LogP contribution >= 0.6 is 0 Å². The Morgan fingerprint density at radius 3 is 1.29 bits per heavy atom. The maximum Gasteiger partial charge on any atom is 0.0541 e. The van der Waals surface area contributed by atoms with E-state index >= 15 is 0 Å². The van der Waals surface area contributed by atoms with Crippen molar-refractivity contribution in [3.05, 3.63) is 212 Å². The van der Waals surface area contributed by atoms with E-state index in [-0.39, 0.29) is 0 Å². The molecule has 1 heterocycles. The number of hydrogen-bond acceptors (Lipinski definition) is 0. The molecule has 0 saturated heterocycles. The van der Waals surface area contributed by atoms with Gasteiger partial charge in [0.1, 0.15) is 0 Å². The van der Waals surface area contributed by atoms with Crippen molar-refractivity contribution in [3.8, 4) is 39.1 Å². The standard InChI is InChI=1S/C71H37N/c1-36-13-2-3-14-37(36)61-56-35-55-44-21-12-22-51-59(72-57-23-10-8-17-40(57)41-18-9-11-24-58(41)72)34-33-52(60(44)51)66(55)67-42-19-6-7-20-43(42)68(71(56)67)70-54-32-30-50-48-28-26-46-39-16-5-4-15-38(39)45-25-27-47(63(48)62(45)46)49-29-31-53(69(61)70)65(54)64(49)50/h2-35H,1H3. The highest BCUT2D eigenvalue weighted by atomic mass is 15.0. The highest BCUT2D eigenvalue weighted by Gasteiger charge is 2.31. The summed E-state index contributed by atoms with van der Waals surface area (Å²) in [5.41, 5.74) is 13.0. The molecule has 1 aromatic heterocycles. The van der Waals surface area contributed by atoms with Crippen molar-refractivity contribution in [2.24, 2.45) is 0 Å². The zero-order valence-electron chi connectivity index (χ0n) is 39.1. The summed E-state index contributed by atoms with van der Waals surface area (Å²) in [6, 6.07) is 79.2. The first-order valence-corrected chi connectivity index (χ1v) is 25.4. The Hall–Kier alpha value is -9.30. The Bertz CT molecular complexity index is 5380. The molecule has 0 atom stereocenters. The van der Waals surface area contributed by atoms with Crippen LogP contribution in [0.25, 0.3) is 190 Å². The van der Waals surface area contributed by atoms with Gasteiger partial charge in [0.2, 0.25) is 0 Å². The minimum absolute atomic E-state index is 1.22. The van der Waals surface area contributed by atoms with Gasteiger partial charge in [-0.3, -0.25) is 0 Å². The van der Waals surface area contributed by atoms with Crippen LogP contribution in [0.5, 0.6) is 0 Å². The Kier molecular flexibility index (Phi) is 6.28. The number of rotatable bonds is 2. The number of fused-ring (bicyclic) bond motifs is 19. The van der Waals surface area contributed by atoms with E-state index in [1.54, 1.807) is 0 Å². The fourth-order valence-corrected chi connectivity index (χ4v) is 15.2. The summed E-state index contributed by atoms with van der Waals surface area (Å²) in [6.07, 6.45) is 0. The number of hydrogen-bond donors (Lipinski definition) is 0. The minimum Gasteiger partial charge on any atom is -0.309 e. The summed E-state index contributed by atoms with van der Waals surface area (Å²) >= 11 is 0. The first-order chi connectivity index (χ1) is 35.7. The molecular weight excluding hydrogens is 867 g/mol. The molecule has 0 aliphatic heterocycles. The van der Waals surface area contributed by atoms with E-state index < -0.39 is 0 Å². The molecule has 17 aromatic carbocycles. The summed E-state index contributed by atoms with van der Waals surface area (Å²) < 4.78 is 2.50. The van der Waals surface area contributed by atoms with E-state index in [2.05, 4.69) is 218 Å². The second-order valence-electron chi connectivity index (χ2n) is 20.9. The molecule has 0 saturated carbocycles. The highest BCUT2D eigenvalue weighted by molar-refractivity contribution is 6.54. The van der Waals surface area contributed by atoms with Gasteiger partial charge >= 0.3 is 0 Å². The van der Waals surface area contributed by atoms with Crippen LogP contribution < -0.4 is 0 Å². The van der Waals surface area contributed by atoms with Crippen LogP contribution in [0, 0.1) is 6.92 Å². The van der Waals surface area contributed by atoms with Crippen LogP contribution in [-0.2, 0) is 0 Å².